The predicted molar refractivity (Wildman–Crippen MR) is 120 cm³/mol. The van der Waals surface area contributed by atoms with E-state index in [2.05, 4.69) is 22.1 Å². The first-order chi connectivity index (χ1) is 15.2. The van der Waals surface area contributed by atoms with Crippen LogP contribution >= 0.6 is 11.8 Å². The lowest BCUT2D eigenvalue weighted by Crippen LogP contribution is -2.23. The summed E-state index contributed by atoms with van der Waals surface area (Å²) in [6, 6.07) is 11.0. The number of rotatable bonds is 9. The average molecular weight is 438 g/mol. The van der Waals surface area contributed by atoms with Gasteiger partial charge in [-0.05, 0) is 42.8 Å². The second kappa shape index (κ2) is 9.65. The first kappa shape index (κ1) is 20.9. The van der Waals surface area contributed by atoms with Crippen molar-refractivity contribution in [3.63, 3.8) is 0 Å². The number of carbonyl (C=O) groups is 2. The van der Waals surface area contributed by atoms with Crippen LogP contribution in [0, 0.1) is 0 Å². The van der Waals surface area contributed by atoms with Crippen molar-refractivity contribution in [3.8, 4) is 11.6 Å². The Bertz CT molecular complexity index is 1060. The molecule has 1 aliphatic rings. The van der Waals surface area contributed by atoms with Crippen molar-refractivity contribution in [1.82, 2.24) is 14.8 Å². The number of thioether (sulfide) groups is 1. The number of nitrogens with zero attached hydrogens (tertiary/aromatic N) is 4. The van der Waals surface area contributed by atoms with Crippen molar-refractivity contribution in [1.29, 1.82) is 0 Å². The van der Waals surface area contributed by atoms with Crippen LogP contribution in [0.5, 0.6) is 0 Å². The highest BCUT2D eigenvalue weighted by Gasteiger charge is 2.21. The highest BCUT2D eigenvalue weighted by Crippen LogP contribution is 2.26. The second-order valence-corrected chi connectivity index (χ2v) is 8.09. The molecule has 0 aliphatic carbocycles. The van der Waals surface area contributed by atoms with Gasteiger partial charge in [-0.2, -0.15) is 0 Å². The summed E-state index contributed by atoms with van der Waals surface area (Å²) in [5.41, 5.74) is 1.57. The second-order valence-electron chi connectivity index (χ2n) is 7.03. The summed E-state index contributed by atoms with van der Waals surface area (Å²) in [5, 5.41) is 12.0. The molecule has 0 radical (unpaired) electrons. The molecule has 0 saturated carbocycles. The fraction of sp³-hybridized carbons (Fsp3) is 0.273. The number of allylic oxidation sites excluding steroid dienone is 1. The number of furan rings is 1. The Morgan fingerprint density at radius 3 is 2.77 bits per heavy atom. The normalized spacial score (nSPS) is 13.5. The summed E-state index contributed by atoms with van der Waals surface area (Å²) < 4.78 is 7.33. The summed E-state index contributed by atoms with van der Waals surface area (Å²) in [5.74, 6) is 1.89. The molecule has 9 heteroatoms. The van der Waals surface area contributed by atoms with Gasteiger partial charge in [-0.15, -0.1) is 16.8 Å². The molecule has 2 amide bonds. The van der Waals surface area contributed by atoms with Crippen LogP contribution in [0.25, 0.3) is 11.6 Å². The Hall–Kier alpha value is -3.33. The highest BCUT2D eigenvalue weighted by atomic mass is 32.2. The van der Waals surface area contributed by atoms with Crippen molar-refractivity contribution in [3.05, 3.63) is 55.3 Å². The Balaban J connectivity index is 1.30. The maximum Gasteiger partial charge on any atom is 0.227 e. The predicted octanol–water partition coefficient (Wildman–Crippen LogP) is 3.97. The number of anilines is 2. The molecule has 0 spiro atoms. The molecule has 31 heavy (non-hydrogen) atoms. The quantitative estimate of drug-likeness (QED) is 0.402. The highest BCUT2D eigenvalue weighted by molar-refractivity contribution is 7.99. The lowest BCUT2D eigenvalue weighted by Gasteiger charge is -2.16. The molecule has 8 nitrogen and oxygen atoms in total. The molecule has 1 fully saturated rings. The number of nitrogens with one attached hydrogen (secondary N) is 1. The van der Waals surface area contributed by atoms with E-state index >= 15 is 0 Å². The molecule has 3 aromatic rings. The van der Waals surface area contributed by atoms with Crippen LogP contribution in [0.4, 0.5) is 11.4 Å². The third-order valence-electron chi connectivity index (χ3n) is 4.87. The van der Waals surface area contributed by atoms with Crippen molar-refractivity contribution >= 4 is 35.0 Å². The molecule has 1 N–H and O–H groups in total. The fourth-order valence-corrected chi connectivity index (χ4v) is 4.27. The van der Waals surface area contributed by atoms with Crippen LogP contribution in [0.3, 0.4) is 0 Å². The van der Waals surface area contributed by atoms with Crippen LogP contribution in [-0.2, 0) is 16.1 Å². The van der Waals surface area contributed by atoms with E-state index in [1.807, 2.05) is 34.9 Å². The zero-order valence-electron chi connectivity index (χ0n) is 17.0. The number of hydrogen-bond acceptors (Lipinski definition) is 6. The van der Waals surface area contributed by atoms with Crippen molar-refractivity contribution in [2.75, 3.05) is 22.5 Å². The van der Waals surface area contributed by atoms with Gasteiger partial charge in [0.25, 0.3) is 0 Å². The Kier molecular flexibility index (Phi) is 6.51. The largest absolute Gasteiger partial charge is 0.461 e. The van der Waals surface area contributed by atoms with Gasteiger partial charge in [-0.1, -0.05) is 17.8 Å². The molecule has 1 aliphatic heterocycles. The lowest BCUT2D eigenvalue weighted by molar-refractivity contribution is -0.117. The van der Waals surface area contributed by atoms with E-state index in [4.69, 9.17) is 4.42 Å². The average Bonchev–Trinajstić information content (AvgIpc) is 3.51. The molecule has 160 valence electrons. The van der Waals surface area contributed by atoms with Crippen LogP contribution in [-0.4, -0.2) is 38.9 Å². The van der Waals surface area contributed by atoms with Gasteiger partial charge in [0.15, 0.2) is 10.9 Å². The summed E-state index contributed by atoms with van der Waals surface area (Å²) >= 11 is 1.46. The molecule has 0 unspecified atom stereocenters. The third kappa shape index (κ3) is 4.88. The van der Waals surface area contributed by atoms with E-state index < -0.39 is 0 Å². The van der Waals surface area contributed by atoms with E-state index in [1.54, 1.807) is 23.3 Å². The van der Waals surface area contributed by atoms with E-state index in [9.17, 15) is 9.59 Å². The molecule has 1 aromatic carbocycles. The topological polar surface area (TPSA) is 93.3 Å². The minimum atomic E-state index is -0.0847. The molecule has 2 aromatic heterocycles. The van der Waals surface area contributed by atoms with E-state index in [-0.39, 0.29) is 11.8 Å². The first-order valence-electron chi connectivity index (χ1n) is 10.1. The summed E-state index contributed by atoms with van der Waals surface area (Å²) in [7, 11) is 0. The smallest absolute Gasteiger partial charge is 0.227 e. The number of carbonyl (C=O) groups excluding carboxylic acids is 2. The molecule has 1 saturated heterocycles. The van der Waals surface area contributed by atoms with Gasteiger partial charge in [0.1, 0.15) is 0 Å². The first-order valence-corrected chi connectivity index (χ1v) is 11.1. The molecular formula is C22H23N5O3S. The zero-order chi connectivity index (χ0) is 21.6. The van der Waals surface area contributed by atoms with Gasteiger partial charge in [0.2, 0.25) is 17.6 Å². The van der Waals surface area contributed by atoms with Crippen molar-refractivity contribution < 1.29 is 14.0 Å². The SMILES string of the molecule is C=CCn1c(SCCC(=O)Nc2ccc(N3CCCC3=O)cc2)nnc1-c1ccco1. The maximum absolute atomic E-state index is 12.3. The zero-order valence-corrected chi connectivity index (χ0v) is 17.8. The fourth-order valence-electron chi connectivity index (χ4n) is 3.38. The minimum Gasteiger partial charge on any atom is -0.461 e. The van der Waals surface area contributed by atoms with Gasteiger partial charge >= 0.3 is 0 Å². The van der Waals surface area contributed by atoms with Crippen LogP contribution in [0.2, 0.25) is 0 Å². The third-order valence-corrected chi connectivity index (χ3v) is 5.83. The van der Waals surface area contributed by atoms with Crippen LogP contribution in [0.15, 0.2) is 64.9 Å². The monoisotopic (exact) mass is 437 g/mol. The molecule has 3 heterocycles. The molecule has 0 atom stereocenters. The number of hydrogen-bond donors (Lipinski definition) is 1. The molecule has 4 rings (SSSR count). The number of amides is 2. The Labute approximate surface area is 184 Å². The summed E-state index contributed by atoms with van der Waals surface area (Å²) in [6.07, 6.45) is 5.17. The lowest BCUT2D eigenvalue weighted by atomic mass is 10.2. The van der Waals surface area contributed by atoms with Gasteiger partial charge in [0.05, 0.1) is 6.26 Å². The Morgan fingerprint density at radius 2 is 2.10 bits per heavy atom. The van der Waals surface area contributed by atoms with Gasteiger partial charge < -0.3 is 14.6 Å². The van der Waals surface area contributed by atoms with E-state index in [1.165, 1.54) is 11.8 Å². The Morgan fingerprint density at radius 1 is 1.26 bits per heavy atom. The standard InChI is InChI=1S/C22H23N5O3S/c1-2-12-27-21(18-5-4-14-30-18)24-25-22(27)31-15-11-19(28)23-16-7-9-17(10-8-16)26-13-3-6-20(26)29/h2,4-5,7-10,14H,1,3,6,11-13,15H2,(H,23,28). The van der Waals surface area contributed by atoms with Crippen molar-refractivity contribution in [2.45, 2.75) is 31.0 Å². The van der Waals surface area contributed by atoms with Gasteiger partial charge in [0, 0.05) is 43.1 Å². The maximum atomic E-state index is 12.3. The van der Waals surface area contributed by atoms with E-state index in [0.29, 0.717) is 47.6 Å². The van der Waals surface area contributed by atoms with Crippen molar-refractivity contribution in [2.24, 2.45) is 0 Å². The minimum absolute atomic E-state index is 0.0847. The van der Waals surface area contributed by atoms with Crippen LogP contribution < -0.4 is 10.2 Å². The summed E-state index contributed by atoms with van der Waals surface area (Å²) in [4.78, 5) is 25.9. The van der Waals surface area contributed by atoms with Crippen LogP contribution in [0.1, 0.15) is 19.3 Å². The molecular weight excluding hydrogens is 414 g/mol. The van der Waals surface area contributed by atoms with Gasteiger partial charge in [-0.3, -0.25) is 14.2 Å². The number of aromatic nitrogens is 3. The van der Waals surface area contributed by atoms with Gasteiger partial charge in [-0.25, -0.2) is 0 Å². The van der Waals surface area contributed by atoms with E-state index in [0.717, 1.165) is 18.7 Å². The number of benzene rings is 1. The summed E-state index contributed by atoms with van der Waals surface area (Å²) in [6.45, 7) is 5.08. The molecule has 0 bridgehead atoms.